The van der Waals surface area contributed by atoms with E-state index in [9.17, 15) is 9.50 Å². The minimum atomic E-state index is -0.418. The van der Waals surface area contributed by atoms with Gasteiger partial charge in [0.15, 0.2) is 0 Å². The Morgan fingerprint density at radius 2 is 1.96 bits per heavy atom. The molecule has 1 aliphatic heterocycles. The van der Waals surface area contributed by atoms with E-state index in [2.05, 4.69) is 15.0 Å². The lowest BCUT2D eigenvalue weighted by molar-refractivity contribution is -0.0767. The number of nitrogens with zero attached hydrogens (tertiary/aromatic N) is 4. The fourth-order valence-corrected chi connectivity index (χ4v) is 4.81. The summed E-state index contributed by atoms with van der Waals surface area (Å²) < 4.78 is 21.9. The molecule has 0 spiro atoms. The van der Waals surface area contributed by atoms with Crippen molar-refractivity contribution >= 4 is 16.3 Å². The Hall–Kier alpha value is -2.03. The Kier molecular flexibility index (Phi) is 4.42. The van der Waals surface area contributed by atoms with Crippen LogP contribution in [0, 0.1) is 12.7 Å². The molecule has 6 nitrogen and oxygen atoms in total. The van der Waals surface area contributed by atoms with Crippen LogP contribution in [-0.2, 0) is 4.74 Å². The standard InChI is InChI=1S/C18H21FN4O2S/c1-10-8-22(9-11(2)25-10)15(13-6-4-5-7-14(13)19)16-17(24)23-18(26-16)20-12(3)21-23/h4-7,10-11,15,24H,8-9H2,1-3H3/t10-,11-,15-/m0/s1. The summed E-state index contributed by atoms with van der Waals surface area (Å²) in [7, 11) is 0. The molecule has 2 aromatic heterocycles. The number of aromatic hydroxyl groups is 1. The lowest BCUT2D eigenvalue weighted by Gasteiger charge is -2.40. The molecule has 1 saturated heterocycles. The van der Waals surface area contributed by atoms with E-state index in [4.69, 9.17) is 4.74 Å². The number of aromatic nitrogens is 3. The number of halogens is 1. The lowest BCUT2D eigenvalue weighted by Crippen LogP contribution is -2.47. The van der Waals surface area contributed by atoms with Gasteiger partial charge in [0.05, 0.1) is 23.1 Å². The van der Waals surface area contributed by atoms with Crippen LogP contribution in [0.5, 0.6) is 5.88 Å². The average Bonchev–Trinajstić information content (AvgIpc) is 3.07. The number of hydrogen-bond donors (Lipinski definition) is 1. The zero-order valence-electron chi connectivity index (χ0n) is 14.9. The van der Waals surface area contributed by atoms with Gasteiger partial charge in [-0.2, -0.15) is 4.52 Å². The molecule has 3 heterocycles. The second-order valence-corrected chi connectivity index (χ2v) is 7.79. The van der Waals surface area contributed by atoms with Gasteiger partial charge in [-0.1, -0.05) is 29.5 Å². The van der Waals surface area contributed by atoms with Crippen LogP contribution in [0.25, 0.3) is 4.96 Å². The van der Waals surface area contributed by atoms with E-state index in [1.807, 2.05) is 19.9 Å². The van der Waals surface area contributed by atoms with Crippen LogP contribution in [0.15, 0.2) is 24.3 Å². The summed E-state index contributed by atoms with van der Waals surface area (Å²) in [4.78, 5) is 7.75. The minimum Gasteiger partial charge on any atom is -0.492 e. The molecule has 3 aromatic rings. The van der Waals surface area contributed by atoms with Gasteiger partial charge in [0.25, 0.3) is 0 Å². The van der Waals surface area contributed by atoms with Crippen LogP contribution in [0.3, 0.4) is 0 Å². The van der Waals surface area contributed by atoms with Crippen LogP contribution in [0.1, 0.15) is 36.2 Å². The van der Waals surface area contributed by atoms with Gasteiger partial charge in [0.2, 0.25) is 10.8 Å². The molecule has 26 heavy (non-hydrogen) atoms. The molecule has 0 unspecified atom stereocenters. The number of fused-ring (bicyclic) bond motifs is 1. The average molecular weight is 376 g/mol. The normalized spacial score (nSPS) is 22.8. The van der Waals surface area contributed by atoms with Crippen LogP contribution in [-0.4, -0.2) is 49.9 Å². The molecule has 0 saturated carbocycles. The van der Waals surface area contributed by atoms with Crippen molar-refractivity contribution in [1.82, 2.24) is 19.5 Å². The van der Waals surface area contributed by atoms with Crippen molar-refractivity contribution in [3.8, 4) is 5.88 Å². The van der Waals surface area contributed by atoms with Gasteiger partial charge < -0.3 is 9.84 Å². The van der Waals surface area contributed by atoms with Crippen LogP contribution in [0.4, 0.5) is 4.39 Å². The van der Waals surface area contributed by atoms with Gasteiger partial charge in [-0.15, -0.1) is 5.10 Å². The van der Waals surface area contributed by atoms with Crippen molar-refractivity contribution in [3.63, 3.8) is 0 Å². The minimum absolute atomic E-state index is 0.0191. The summed E-state index contributed by atoms with van der Waals surface area (Å²) in [6.07, 6.45) is 0.0548. The van der Waals surface area contributed by atoms with Crippen molar-refractivity contribution < 1.29 is 14.2 Å². The molecule has 0 amide bonds. The SMILES string of the molecule is Cc1nc2sc([C@H](c3ccccc3F)N3C[C@H](C)O[C@@H](C)C3)c(O)n2n1. The Morgan fingerprint density at radius 1 is 1.27 bits per heavy atom. The maximum atomic E-state index is 14.7. The maximum absolute atomic E-state index is 14.7. The number of thiazole rings is 1. The number of ether oxygens (including phenoxy) is 1. The third-order valence-electron chi connectivity index (χ3n) is 4.57. The Morgan fingerprint density at radius 3 is 2.62 bits per heavy atom. The smallest absolute Gasteiger partial charge is 0.230 e. The first-order valence-electron chi connectivity index (χ1n) is 8.63. The van der Waals surface area contributed by atoms with Crippen molar-refractivity contribution in [1.29, 1.82) is 0 Å². The molecule has 1 aliphatic rings. The third-order valence-corrected chi connectivity index (χ3v) is 5.64. The Labute approximate surface area is 154 Å². The zero-order chi connectivity index (χ0) is 18.4. The number of aryl methyl sites for hydroxylation is 1. The largest absolute Gasteiger partial charge is 0.492 e. The van der Waals surface area contributed by atoms with Gasteiger partial charge in [0, 0.05) is 18.7 Å². The first-order valence-corrected chi connectivity index (χ1v) is 9.44. The highest BCUT2D eigenvalue weighted by atomic mass is 32.1. The maximum Gasteiger partial charge on any atom is 0.230 e. The molecule has 0 bridgehead atoms. The molecule has 1 aromatic carbocycles. The lowest BCUT2D eigenvalue weighted by atomic mass is 10.0. The van der Waals surface area contributed by atoms with E-state index < -0.39 is 6.04 Å². The summed E-state index contributed by atoms with van der Waals surface area (Å²) in [5, 5.41) is 15.0. The first-order chi connectivity index (χ1) is 12.4. The van der Waals surface area contributed by atoms with Gasteiger partial charge in [0.1, 0.15) is 11.6 Å². The van der Waals surface area contributed by atoms with E-state index in [1.54, 1.807) is 19.1 Å². The van der Waals surface area contributed by atoms with E-state index in [0.717, 1.165) is 0 Å². The topological polar surface area (TPSA) is 62.9 Å². The molecule has 0 aliphatic carbocycles. The van der Waals surface area contributed by atoms with Gasteiger partial charge in [-0.05, 0) is 26.8 Å². The molecule has 8 heteroatoms. The third kappa shape index (κ3) is 2.98. The molecular weight excluding hydrogens is 355 g/mol. The second kappa shape index (κ2) is 6.61. The number of benzene rings is 1. The fourth-order valence-electron chi connectivity index (χ4n) is 3.66. The van der Waals surface area contributed by atoms with Crippen molar-refractivity contribution in [3.05, 3.63) is 46.3 Å². The molecule has 0 radical (unpaired) electrons. The Balaban J connectivity index is 1.85. The molecular formula is C18H21FN4O2S. The number of morpholine rings is 1. The molecule has 1 fully saturated rings. The summed E-state index contributed by atoms with van der Waals surface area (Å²) in [5.74, 6) is 0.318. The highest BCUT2D eigenvalue weighted by molar-refractivity contribution is 7.17. The number of rotatable bonds is 3. The quantitative estimate of drug-likeness (QED) is 0.761. The van der Waals surface area contributed by atoms with Crippen molar-refractivity contribution in [2.45, 2.75) is 39.0 Å². The van der Waals surface area contributed by atoms with E-state index in [1.165, 1.54) is 21.9 Å². The molecule has 4 rings (SSSR count). The van der Waals surface area contributed by atoms with Crippen molar-refractivity contribution in [2.24, 2.45) is 0 Å². The Bertz CT molecular complexity index is 931. The molecule has 3 atom stereocenters. The zero-order valence-corrected chi connectivity index (χ0v) is 15.7. The summed E-state index contributed by atoms with van der Waals surface area (Å²) in [6, 6.07) is 6.29. The summed E-state index contributed by atoms with van der Waals surface area (Å²) in [6.45, 7) is 7.09. The molecule has 1 N–H and O–H groups in total. The summed E-state index contributed by atoms with van der Waals surface area (Å²) >= 11 is 1.34. The van der Waals surface area contributed by atoms with Crippen LogP contribution in [0.2, 0.25) is 0 Å². The highest BCUT2D eigenvalue weighted by Gasteiger charge is 2.35. The van der Waals surface area contributed by atoms with E-state index >= 15 is 0 Å². The van der Waals surface area contributed by atoms with Crippen LogP contribution < -0.4 is 0 Å². The van der Waals surface area contributed by atoms with Gasteiger partial charge in [-0.25, -0.2) is 9.37 Å². The monoisotopic (exact) mass is 376 g/mol. The van der Waals surface area contributed by atoms with E-state index in [-0.39, 0.29) is 23.9 Å². The van der Waals surface area contributed by atoms with Gasteiger partial charge in [-0.3, -0.25) is 4.90 Å². The summed E-state index contributed by atoms with van der Waals surface area (Å²) in [5.41, 5.74) is 0.533. The van der Waals surface area contributed by atoms with Crippen molar-refractivity contribution in [2.75, 3.05) is 13.1 Å². The van der Waals surface area contributed by atoms with Crippen LogP contribution >= 0.6 is 11.3 Å². The first kappa shape index (κ1) is 17.4. The van der Waals surface area contributed by atoms with Gasteiger partial charge >= 0.3 is 0 Å². The predicted molar refractivity (Wildman–Crippen MR) is 97.1 cm³/mol. The molecule has 138 valence electrons. The highest BCUT2D eigenvalue weighted by Crippen LogP contribution is 2.41. The predicted octanol–water partition coefficient (Wildman–Crippen LogP) is 3.14. The second-order valence-electron chi connectivity index (χ2n) is 6.78. The van der Waals surface area contributed by atoms with E-state index in [0.29, 0.717) is 34.3 Å². The number of hydrogen-bond acceptors (Lipinski definition) is 6. The fraction of sp³-hybridized carbons (Fsp3) is 0.444.